The van der Waals surface area contributed by atoms with Crippen molar-refractivity contribution in [3.05, 3.63) is 47.4 Å². The van der Waals surface area contributed by atoms with Crippen molar-refractivity contribution in [2.24, 2.45) is 0 Å². The highest BCUT2D eigenvalue weighted by Gasteiger charge is 2.29. The lowest BCUT2D eigenvalue weighted by Gasteiger charge is -2.31. The van der Waals surface area contributed by atoms with Gasteiger partial charge >= 0.3 is 0 Å². The summed E-state index contributed by atoms with van der Waals surface area (Å²) in [6.45, 7) is 10.4. The lowest BCUT2D eigenvalue weighted by Crippen LogP contribution is -2.38. The van der Waals surface area contributed by atoms with Crippen LogP contribution in [0.25, 0.3) is 0 Å². The van der Waals surface area contributed by atoms with Crippen LogP contribution in [0.15, 0.2) is 34.7 Å². The van der Waals surface area contributed by atoms with E-state index in [4.69, 9.17) is 9.15 Å². The van der Waals surface area contributed by atoms with Gasteiger partial charge in [-0.1, -0.05) is 33.3 Å². The molecule has 2 aliphatic rings. The molecule has 178 valence electrons. The van der Waals surface area contributed by atoms with E-state index in [1.54, 1.807) is 17.0 Å². The van der Waals surface area contributed by atoms with Gasteiger partial charge in [-0.2, -0.15) is 0 Å². The Labute approximate surface area is 196 Å². The summed E-state index contributed by atoms with van der Waals surface area (Å²) in [5.41, 5.74) is 1.89. The van der Waals surface area contributed by atoms with Crippen LogP contribution in [0, 0.1) is 0 Å². The molecular formula is C26H35N3O4. The van der Waals surface area contributed by atoms with Crippen molar-refractivity contribution in [1.82, 2.24) is 10.2 Å². The maximum absolute atomic E-state index is 12.7. The fraction of sp³-hybridized carbons (Fsp3) is 0.538. The van der Waals surface area contributed by atoms with Crippen LogP contribution in [-0.4, -0.2) is 49.5 Å². The highest BCUT2D eigenvalue weighted by molar-refractivity contribution is 5.98. The number of furan rings is 1. The molecule has 7 nitrogen and oxygen atoms in total. The van der Waals surface area contributed by atoms with Gasteiger partial charge in [-0.15, -0.1) is 0 Å². The van der Waals surface area contributed by atoms with E-state index in [9.17, 15) is 9.59 Å². The molecule has 1 aromatic carbocycles. The second kappa shape index (κ2) is 10.00. The van der Waals surface area contributed by atoms with Crippen molar-refractivity contribution < 1.29 is 18.7 Å². The topological polar surface area (TPSA) is 75.0 Å². The van der Waals surface area contributed by atoms with E-state index in [1.807, 2.05) is 12.1 Å². The third-order valence-corrected chi connectivity index (χ3v) is 6.93. The summed E-state index contributed by atoms with van der Waals surface area (Å²) in [5, 5.41) is 2.94. The average Bonchev–Trinajstić information content (AvgIpc) is 3.30. The van der Waals surface area contributed by atoms with E-state index in [0.29, 0.717) is 18.1 Å². The number of anilines is 1. The minimum Gasteiger partial charge on any atom is -0.482 e. The van der Waals surface area contributed by atoms with E-state index in [-0.39, 0.29) is 36.1 Å². The van der Waals surface area contributed by atoms with Crippen molar-refractivity contribution in [1.29, 1.82) is 0 Å². The molecule has 2 amide bonds. The Morgan fingerprint density at radius 2 is 1.91 bits per heavy atom. The number of hydrogen-bond acceptors (Lipinski definition) is 5. The van der Waals surface area contributed by atoms with E-state index in [0.717, 1.165) is 37.3 Å². The summed E-state index contributed by atoms with van der Waals surface area (Å²) in [4.78, 5) is 29.3. The number of piperidine rings is 1. The molecule has 0 atom stereocenters. The van der Waals surface area contributed by atoms with Gasteiger partial charge in [-0.05, 0) is 67.6 Å². The Morgan fingerprint density at radius 1 is 1.12 bits per heavy atom. The molecule has 1 fully saturated rings. The van der Waals surface area contributed by atoms with Crippen LogP contribution in [0.5, 0.6) is 5.75 Å². The third-order valence-electron chi connectivity index (χ3n) is 6.93. The van der Waals surface area contributed by atoms with Crippen LogP contribution in [0.2, 0.25) is 0 Å². The van der Waals surface area contributed by atoms with Crippen LogP contribution in [0.1, 0.15) is 68.3 Å². The number of benzene rings is 1. The number of amides is 2. The predicted molar refractivity (Wildman–Crippen MR) is 128 cm³/mol. The maximum Gasteiger partial charge on any atom is 0.287 e. The Hall–Kier alpha value is -2.80. The first-order valence-electron chi connectivity index (χ1n) is 12.0. The first kappa shape index (κ1) is 23.4. The first-order chi connectivity index (χ1) is 15.9. The molecule has 33 heavy (non-hydrogen) atoms. The molecule has 1 saturated heterocycles. The standard InChI is InChI=1S/C26H35N3O4/c1-4-26(2,3)19-8-10-22-21(16-19)29(24(30)18-32-22)17-20-9-11-23(33-20)25(31)27-12-15-28-13-6-5-7-14-28/h8-11,16H,4-7,12-15,17-18H2,1-3H3,(H,27,31). The highest BCUT2D eigenvalue weighted by Crippen LogP contribution is 2.38. The molecule has 0 aliphatic carbocycles. The molecule has 0 saturated carbocycles. The second-order valence-corrected chi connectivity index (χ2v) is 9.61. The quantitative estimate of drug-likeness (QED) is 0.651. The fourth-order valence-electron chi connectivity index (χ4n) is 4.34. The summed E-state index contributed by atoms with van der Waals surface area (Å²) in [6, 6.07) is 9.48. The second-order valence-electron chi connectivity index (χ2n) is 9.61. The van der Waals surface area contributed by atoms with Gasteiger partial charge < -0.3 is 19.4 Å². The molecule has 0 unspecified atom stereocenters. The predicted octanol–water partition coefficient (Wildman–Crippen LogP) is 4.11. The monoisotopic (exact) mass is 453 g/mol. The van der Waals surface area contributed by atoms with Crippen molar-refractivity contribution in [3.63, 3.8) is 0 Å². The Kier molecular flexibility index (Phi) is 7.08. The third kappa shape index (κ3) is 5.41. The van der Waals surface area contributed by atoms with Crippen LogP contribution < -0.4 is 15.0 Å². The van der Waals surface area contributed by atoms with Crippen LogP contribution in [0.3, 0.4) is 0 Å². The van der Waals surface area contributed by atoms with Crippen LogP contribution >= 0.6 is 0 Å². The van der Waals surface area contributed by atoms with Gasteiger partial charge in [0.15, 0.2) is 12.4 Å². The number of likely N-dealkylation sites (tertiary alicyclic amines) is 1. The van der Waals surface area contributed by atoms with Gasteiger partial charge in [0.25, 0.3) is 11.8 Å². The number of hydrogen-bond donors (Lipinski definition) is 1. The number of carbonyl (C=O) groups is 2. The molecule has 1 N–H and O–H groups in total. The molecule has 0 bridgehead atoms. The molecule has 2 aliphatic heterocycles. The molecular weight excluding hydrogens is 418 g/mol. The Morgan fingerprint density at radius 3 is 2.67 bits per heavy atom. The van der Waals surface area contributed by atoms with Gasteiger partial charge in [0.2, 0.25) is 0 Å². The van der Waals surface area contributed by atoms with Gasteiger partial charge in [-0.3, -0.25) is 14.5 Å². The Bertz CT molecular complexity index is 991. The fourth-order valence-corrected chi connectivity index (χ4v) is 4.34. The van der Waals surface area contributed by atoms with E-state index >= 15 is 0 Å². The van der Waals surface area contributed by atoms with Crippen LogP contribution in [0.4, 0.5) is 5.69 Å². The summed E-state index contributed by atoms with van der Waals surface area (Å²) in [7, 11) is 0. The molecule has 4 rings (SSSR count). The molecule has 7 heteroatoms. The lowest BCUT2D eigenvalue weighted by atomic mass is 9.82. The van der Waals surface area contributed by atoms with E-state index < -0.39 is 0 Å². The Balaban J connectivity index is 1.42. The van der Waals surface area contributed by atoms with Gasteiger partial charge in [-0.25, -0.2) is 0 Å². The smallest absolute Gasteiger partial charge is 0.287 e. The molecule has 0 spiro atoms. The summed E-state index contributed by atoms with van der Waals surface area (Å²) < 4.78 is 11.5. The number of fused-ring (bicyclic) bond motifs is 1. The molecule has 1 aromatic heterocycles. The maximum atomic E-state index is 12.7. The van der Waals surface area contributed by atoms with E-state index in [2.05, 4.69) is 37.1 Å². The van der Waals surface area contributed by atoms with Gasteiger partial charge in [0.1, 0.15) is 11.5 Å². The van der Waals surface area contributed by atoms with Crippen molar-refractivity contribution in [2.45, 2.75) is 58.4 Å². The highest BCUT2D eigenvalue weighted by atomic mass is 16.5. The summed E-state index contributed by atoms with van der Waals surface area (Å²) >= 11 is 0. The number of nitrogens with zero attached hydrogens (tertiary/aromatic N) is 2. The number of nitrogens with one attached hydrogen (secondary N) is 1. The zero-order valence-electron chi connectivity index (χ0n) is 20.0. The van der Waals surface area contributed by atoms with Crippen molar-refractivity contribution in [3.8, 4) is 5.75 Å². The normalized spacial score (nSPS) is 16.9. The van der Waals surface area contributed by atoms with Crippen molar-refractivity contribution >= 4 is 17.5 Å². The van der Waals surface area contributed by atoms with Crippen LogP contribution in [-0.2, 0) is 16.8 Å². The van der Waals surface area contributed by atoms with Gasteiger partial charge in [0.05, 0.1) is 12.2 Å². The summed E-state index contributed by atoms with van der Waals surface area (Å²) in [6.07, 6.45) is 4.74. The summed E-state index contributed by atoms with van der Waals surface area (Å²) in [5.74, 6) is 1.17. The minimum atomic E-state index is -0.223. The lowest BCUT2D eigenvalue weighted by molar-refractivity contribution is -0.121. The minimum absolute atomic E-state index is 0.00588. The first-order valence-corrected chi connectivity index (χ1v) is 12.0. The van der Waals surface area contributed by atoms with Crippen molar-refractivity contribution in [2.75, 3.05) is 37.7 Å². The molecule has 0 radical (unpaired) electrons. The van der Waals surface area contributed by atoms with Gasteiger partial charge in [0, 0.05) is 13.1 Å². The largest absolute Gasteiger partial charge is 0.482 e. The number of ether oxygens (including phenoxy) is 1. The average molecular weight is 454 g/mol. The number of carbonyl (C=O) groups excluding carboxylic acids is 2. The molecule has 3 heterocycles. The molecule has 2 aromatic rings. The van der Waals surface area contributed by atoms with E-state index in [1.165, 1.54) is 19.3 Å². The number of rotatable bonds is 8. The zero-order valence-corrected chi connectivity index (χ0v) is 20.0. The zero-order chi connectivity index (χ0) is 23.4. The SMILES string of the molecule is CCC(C)(C)c1ccc2c(c1)N(Cc1ccc(C(=O)NCCN3CCCCC3)o1)C(=O)CO2.